The molecule has 1 aliphatic rings. The number of halogens is 1. The Morgan fingerprint density at radius 3 is 2.57 bits per heavy atom. The lowest BCUT2D eigenvalue weighted by Crippen LogP contribution is -1.98. The summed E-state index contributed by atoms with van der Waals surface area (Å²) in [6.45, 7) is 0. The van der Waals surface area contributed by atoms with Gasteiger partial charge in [-0.1, -0.05) is 17.7 Å². The van der Waals surface area contributed by atoms with E-state index in [0.717, 1.165) is 33.1 Å². The van der Waals surface area contributed by atoms with E-state index in [1.165, 1.54) is 12.8 Å². The van der Waals surface area contributed by atoms with E-state index in [9.17, 15) is 0 Å². The molecular weight excluding hydrogens is 282 g/mol. The molecule has 0 saturated heterocycles. The first-order valence-corrected chi connectivity index (χ1v) is 7.60. The third-order valence-corrected chi connectivity index (χ3v) is 4.31. The number of nitrogens with one attached hydrogen (secondary N) is 1. The Morgan fingerprint density at radius 2 is 1.90 bits per heavy atom. The molecular formula is C17H16ClN3. The highest BCUT2D eigenvalue weighted by Crippen LogP contribution is 2.42. The van der Waals surface area contributed by atoms with Gasteiger partial charge in [0.2, 0.25) is 0 Å². The summed E-state index contributed by atoms with van der Waals surface area (Å²) in [5, 5.41) is 3.93. The van der Waals surface area contributed by atoms with E-state index in [0.29, 0.717) is 6.04 Å². The molecule has 1 aromatic heterocycles. The first-order valence-electron chi connectivity index (χ1n) is 7.22. The molecule has 0 amide bonds. The molecule has 21 heavy (non-hydrogen) atoms. The summed E-state index contributed by atoms with van der Waals surface area (Å²) in [7, 11) is 1.92. The number of benzene rings is 2. The van der Waals surface area contributed by atoms with Gasteiger partial charge in [-0.3, -0.25) is 0 Å². The second kappa shape index (κ2) is 4.78. The van der Waals surface area contributed by atoms with Crippen molar-refractivity contribution in [2.24, 2.45) is 0 Å². The van der Waals surface area contributed by atoms with Crippen molar-refractivity contribution >= 4 is 28.3 Å². The third kappa shape index (κ3) is 2.09. The number of fused-ring (bicyclic) bond motifs is 1. The Balaban J connectivity index is 1.95. The first-order chi connectivity index (χ1) is 10.3. The fourth-order valence-electron chi connectivity index (χ4n) is 2.78. The molecule has 2 aromatic carbocycles. The normalized spacial score (nSPS) is 14.6. The van der Waals surface area contributed by atoms with Gasteiger partial charge in [0, 0.05) is 24.3 Å². The molecule has 106 valence electrons. The molecule has 4 rings (SSSR count). The second-order valence-corrected chi connectivity index (χ2v) is 5.88. The van der Waals surface area contributed by atoms with Gasteiger partial charge in [-0.15, -0.1) is 0 Å². The van der Waals surface area contributed by atoms with E-state index in [-0.39, 0.29) is 0 Å². The lowest BCUT2D eigenvalue weighted by Gasteiger charge is -2.09. The fourth-order valence-corrected chi connectivity index (χ4v) is 3.04. The van der Waals surface area contributed by atoms with E-state index < -0.39 is 0 Å². The topological polar surface area (TPSA) is 29.9 Å². The van der Waals surface area contributed by atoms with E-state index in [2.05, 4.69) is 34.1 Å². The summed E-state index contributed by atoms with van der Waals surface area (Å²) >= 11 is 6.41. The highest BCUT2D eigenvalue weighted by molar-refractivity contribution is 6.35. The Hall–Kier alpha value is -2.00. The van der Waals surface area contributed by atoms with Crippen LogP contribution in [0.15, 0.2) is 42.5 Å². The largest absolute Gasteiger partial charge is 0.388 e. The molecule has 0 radical (unpaired) electrons. The maximum absolute atomic E-state index is 6.41. The van der Waals surface area contributed by atoms with Crippen LogP contribution in [0, 0.1) is 0 Å². The van der Waals surface area contributed by atoms with Crippen molar-refractivity contribution in [3.8, 4) is 11.4 Å². The molecule has 3 aromatic rings. The zero-order chi connectivity index (χ0) is 14.4. The number of hydrogen-bond donors (Lipinski definition) is 1. The molecule has 0 bridgehead atoms. The van der Waals surface area contributed by atoms with Crippen LogP contribution < -0.4 is 5.32 Å². The van der Waals surface area contributed by atoms with Gasteiger partial charge in [0.25, 0.3) is 0 Å². The number of rotatable bonds is 3. The molecule has 3 nitrogen and oxygen atoms in total. The lowest BCUT2D eigenvalue weighted by atomic mass is 10.2. The molecule has 0 spiro atoms. The average molecular weight is 298 g/mol. The second-order valence-electron chi connectivity index (χ2n) is 5.47. The number of hydrogen-bond acceptors (Lipinski definition) is 2. The molecule has 1 aliphatic carbocycles. The minimum absolute atomic E-state index is 0.536. The quantitative estimate of drug-likeness (QED) is 0.757. The third-order valence-electron chi connectivity index (χ3n) is 4.00. The van der Waals surface area contributed by atoms with Crippen molar-refractivity contribution in [1.82, 2.24) is 9.55 Å². The fraction of sp³-hybridized carbons (Fsp3) is 0.235. The van der Waals surface area contributed by atoms with Crippen molar-refractivity contribution in [3.05, 3.63) is 47.5 Å². The maximum atomic E-state index is 6.41. The van der Waals surface area contributed by atoms with Crippen LogP contribution in [0.3, 0.4) is 0 Å². The molecule has 0 atom stereocenters. The van der Waals surface area contributed by atoms with Crippen LogP contribution in [0.25, 0.3) is 22.4 Å². The van der Waals surface area contributed by atoms with Crippen molar-refractivity contribution < 1.29 is 0 Å². The molecule has 1 heterocycles. The molecule has 1 N–H and O–H groups in total. The van der Waals surface area contributed by atoms with Gasteiger partial charge in [-0.05, 0) is 49.2 Å². The van der Waals surface area contributed by atoms with Gasteiger partial charge in [0.15, 0.2) is 0 Å². The van der Waals surface area contributed by atoms with E-state index in [1.807, 2.05) is 25.2 Å². The first kappa shape index (κ1) is 12.7. The highest BCUT2D eigenvalue weighted by atomic mass is 35.5. The standard InChI is InChI=1S/C17H16ClN3/c1-19-12-7-5-11(6-8-12)17-20-15-4-2-3-14(18)16(15)21(17)13-9-10-13/h2-8,13,19H,9-10H2,1H3. The number of aromatic nitrogens is 2. The van der Waals surface area contributed by atoms with Crippen LogP contribution in [0.4, 0.5) is 5.69 Å². The van der Waals surface area contributed by atoms with Crippen LogP contribution in [0.2, 0.25) is 5.02 Å². The smallest absolute Gasteiger partial charge is 0.141 e. The minimum Gasteiger partial charge on any atom is -0.388 e. The summed E-state index contributed by atoms with van der Waals surface area (Å²) in [5.41, 5.74) is 4.27. The van der Waals surface area contributed by atoms with Crippen LogP contribution in [-0.4, -0.2) is 16.6 Å². The summed E-state index contributed by atoms with van der Waals surface area (Å²) in [4.78, 5) is 4.82. The summed E-state index contributed by atoms with van der Waals surface area (Å²) in [5.74, 6) is 1.02. The predicted molar refractivity (Wildman–Crippen MR) is 88.0 cm³/mol. The van der Waals surface area contributed by atoms with E-state index in [1.54, 1.807) is 0 Å². The van der Waals surface area contributed by atoms with Crippen molar-refractivity contribution in [3.63, 3.8) is 0 Å². The number of imidazole rings is 1. The molecule has 4 heteroatoms. The zero-order valence-corrected chi connectivity index (χ0v) is 12.6. The van der Waals surface area contributed by atoms with Gasteiger partial charge in [0.05, 0.1) is 16.1 Å². The Bertz CT molecular complexity index is 801. The van der Waals surface area contributed by atoms with E-state index >= 15 is 0 Å². The number of anilines is 1. The number of para-hydroxylation sites is 1. The van der Waals surface area contributed by atoms with Crippen LogP contribution in [0.1, 0.15) is 18.9 Å². The zero-order valence-electron chi connectivity index (χ0n) is 11.8. The van der Waals surface area contributed by atoms with Gasteiger partial charge in [-0.25, -0.2) is 4.98 Å². The molecule has 1 saturated carbocycles. The Kier molecular flexibility index (Phi) is 2.89. The summed E-state index contributed by atoms with van der Waals surface area (Å²) in [6, 6.07) is 14.8. The van der Waals surface area contributed by atoms with Gasteiger partial charge in [0.1, 0.15) is 5.82 Å². The molecule has 1 fully saturated rings. The Labute approximate surface area is 128 Å². The van der Waals surface area contributed by atoms with Gasteiger partial charge in [-0.2, -0.15) is 0 Å². The highest BCUT2D eigenvalue weighted by Gasteiger charge is 2.29. The number of nitrogens with zero attached hydrogens (tertiary/aromatic N) is 2. The SMILES string of the molecule is CNc1ccc(-c2nc3cccc(Cl)c3n2C2CC2)cc1. The lowest BCUT2D eigenvalue weighted by molar-refractivity contribution is 0.775. The predicted octanol–water partition coefficient (Wildman–Crippen LogP) is 4.73. The van der Waals surface area contributed by atoms with Crippen LogP contribution in [-0.2, 0) is 0 Å². The van der Waals surface area contributed by atoms with Crippen LogP contribution in [0.5, 0.6) is 0 Å². The molecule has 0 aliphatic heterocycles. The summed E-state index contributed by atoms with van der Waals surface area (Å²) < 4.78 is 2.31. The van der Waals surface area contributed by atoms with Crippen molar-refractivity contribution in [1.29, 1.82) is 0 Å². The summed E-state index contributed by atoms with van der Waals surface area (Å²) in [6.07, 6.45) is 2.41. The average Bonchev–Trinajstić information content (AvgIpc) is 3.28. The van der Waals surface area contributed by atoms with E-state index in [4.69, 9.17) is 16.6 Å². The van der Waals surface area contributed by atoms with Crippen molar-refractivity contribution in [2.45, 2.75) is 18.9 Å². The monoisotopic (exact) mass is 297 g/mol. The Morgan fingerprint density at radius 1 is 1.14 bits per heavy atom. The van der Waals surface area contributed by atoms with Gasteiger partial charge < -0.3 is 9.88 Å². The maximum Gasteiger partial charge on any atom is 0.141 e. The van der Waals surface area contributed by atoms with Crippen LogP contribution >= 0.6 is 11.6 Å². The minimum atomic E-state index is 0.536. The van der Waals surface area contributed by atoms with Crippen molar-refractivity contribution in [2.75, 3.05) is 12.4 Å². The molecule has 0 unspecified atom stereocenters. The van der Waals surface area contributed by atoms with Gasteiger partial charge >= 0.3 is 0 Å².